The summed E-state index contributed by atoms with van der Waals surface area (Å²) in [4.78, 5) is 0. The predicted molar refractivity (Wildman–Crippen MR) is 56.8 cm³/mol. The molecule has 0 spiro atoms. The molecule has 12 heavy (non-hydrogen) atoms. The van der Waals surface area contributed by atoms with Gasteiger partial charge >= 0.3 is 0 Å². The van der Waals surface area contributed by atoms with E-state index in [9.17, 15) is 0 Å². The molecule has 0 heteroatoms. The third-order valence-corrected chi connectivity index (χ3v) is 2.44. The van der Waals surface area contributed by atoms with Crippen LogP contribution in [0.3, 0.4) is 0 Å². The Kier molecular flexibility index (Phi) is 9.09. The molecule has 0 aliphatic rings. The highest BCUT2D eigenvalue weighted by molar-refractivity contribution is 4.61. The maximum atomic E-state index is 3.93. The Morgan fingerprint density at radius 3 is 2.08 bits per heavy atom. The number of rotatable bonds is 8. The van der Waals surface area contributed by atoms with Gasteiger partial charge in [0.25, 0.3) is 0 Å². The van der Waals surface area contributed by atoms with Gasteiger partial charge in [0.05, 0.1) is 0 Å². The van der Waals surface area contributed by atoms with Gasteiger partial charge in [-0.3, -0.25) is 0 Å². The average Bonchev–Trinajstić information content (AvgIpc) is 2.10. The summed E-state index contributed by atoms with van der Waals surface area (Å²) >= 11 is 0. The molecule has 0 saturated carbocycles. The van der Waals surface area contributed by atoms with Crippen LogP contribution in [0.15, 0.2) is 0 Å². The van der Waals surface area contributed by atoms with Crippen molar-refractivity contribution in [3.8, 4) is 0 Å². The molecule has 0 rings (SSSR count). The molecule has 0 amide bonds. The van der Waals surface area contributed by atoms with Crippen molar-refractivity contribution in [3.05, 3.63) is 13.8 Å². The van der Waals surface area contributed by atoms with E-state index in [-0.39, 0.29) is 0 Å². The minimum atomic E-state index is 0.934. The first-order chi connectivity index (χ1) is 5.85. The highest BCUT2D eigenvalue weighted by Crippen LogP contribution is 2.20. The maximum Gasteiger partial charge on any atom is -0.0414 e. The van der Waals surface area contributed by atoms with Gasteiger partial charge in [-0.2, -0.15) is 0 Å². The van der Waals surface area contributed by atoms with Crippen LogP contribution in [0.1, 0.15) is 58.3 Å². The predicted octanol–water partition coefficient (Wildman–Crippen LogP) is 4.41. The van der Waals surface area contributed by atoms with Gasteiger partial charge in [0.1, 0.15) is 0 Å². The normalized spacial score (nSPS) is 11.0. The van der Waals surface area contributed by atoms with E-state index in [2.05, 4.69) is 20.8 Å². The van der Waals surface area contributed by atoms with Gasteiger partial charge in [0.2, 0.25) is 0 Å². The minimum Gasteiger partial charge on any atom is -0.0654 e. The molecule has 0 aliphatic heterocycles. The highest BCUT2D eigenvalue weighted by Gasteiger charge is 2.05. The summed E-state index contributed by atoms with van der Waals surface area (Å²) in [5.41, 5.74) is 0. The molecule has 0 N–H and O–H groups in total. The van der Waals surface area contributed by atoms with Gasteiger partial charge in [0.15, 0.2) is 0 Å². The van der Waals surface area contributed by atoms with E-state index in [0.29, 0.717) is 0 Å². The lowest BCUT2D eigenvalue weighted by molar-refractivity contribution is 0.399. The van der Waals surface area contributed by atoms with Crippen molar-refractivity contribution in [2.75, 3.05) is 0 Å². The van der Waals surface area contributed by atoms with Gasteiger partial charge < -0.3 is 0 Å². The lowest BCUT2D eigenvalue weighted by Gasteiger charge is -2.14. The number of unbranched alkanes of at least 4 members (excludes halogenated alkanes) is 2. The largest absolute Gasteiger partial charge is 0.0654 e. The van der Waals surface area contributed by atoms with Crippen LogP contribution in [0.4, 0.5) is 0 Å². The molecule has 0 aliphatic carbocycles. The second-order valence-corrected chi connectivity index (χ2v) is 3.65. The van der Waals surface area contributed by atoms with E-state index in [4.69, 9.17) is 0 Å². The zero-order chi connectivity index (χ0) is 9.23. The summed E-state index contributed by atoms with van der Waals surface area (Å²) in [5.74, 6) is 0.934. The summed E-state index contributed by atoms with van der Waals surface area (Å²) in [6, 6.07) is 0. The van der Waals surface area contributed by atoms with Crippen LogP contribution in [-0.4, -0.2) is 0 Å². The summed E-state index contributed by atoms with van der Waals surface area (Å²) in [6.07, 6.45) is 10.3. The van der Waals surface area contributed by atoms with Crippen molar-refractivity contribution in [1.29, 1.82) is 0 Å². The molecule has 0 saturated heterocycles. The van der Waals surface area contributed by atoms with Crippen LogP contribution in [-0.2, 0) is 0 Å². The molecule has 0 aromatic rings. The summed E-state index contributed by atoms with van der Waals surface area (Å²) in [5, 5.41) is 0. The minimum absolute atomic E-state index is 0.934. The second kappa shape index (κ2) is 9.09. The quantitative estimate of drug-likeness (QED) is 0.503. The van der Waals surface area contributed by atoms with E-state index in [1.54, 1.807) is 0 Å². The molecular formula is C12H24. The topological polar surface area (TPSA) is 0 Å². The summed E-state index contributed by atoms with van der Waals surface area (Å²) in [6.45, 7) is 10.1. The molecule has 0 aromatic heterocycles. The number of hydrogen-bond acceptors (Lipinski definition) is 0. The van der Waals surface area contributed by atoms with Crippen LogP contribution in [0.25, 0.3) is 0 Å². The highest BCUT2D eigenvalue weighted by atomic mass is 14.1. The fraction of sp³-hybridized carbons (Fsp3) is 0.833. The molecule has 0 nitrogen and oxygen atoms in total. The Morgan fingerprint density at radius 2 is 1.58 bits per heavy atom. The second-order valence-electron chi connectivity index (χ2n) is 3.65. The van der Waals surface area contributed by atoms with Crippen molar-refractivity contribution < 1.29 is 0 Å². The number of hydrogen-bond donors (Lipinski definition) is 0. The molecule has 0 fully saturated rings. The van der Waals surface area contributed by atoms with Gasteiger partial charge in [-0.1, -0.05) is 72.1 Å². The SMILES string of the molecule is [CH2]CCCC(CC[CH2])CCCC. The van der Waals surface area contributed by atoms with Crippen molar-refractivity contribution in [3.63, 3.8) is 0 Å². The lowest BCUT2D eigenvalue weighted by Crippen LogP contribution is -1.99. The van der Waals surface area contributed by atoms with E-state index in [1.165, 1.54) is 38.5 Å². The van der Waals surface area contributed by atoms with E-state index < -0.39 is 0 Å². The first-order valence-corrected chi connectivity index (χ1v) is 5.43. The fourth-order valence-corrected chi connectivity index (χ4v) is 1.65. The van der Waals surface area contributed by atoms with Crippen molar-refractivity contribution in [2.45, 2.75) is 58.3 Å². The Morgan fingerprint density at radius 1 is 0.917 bits per heavy atom. The Bertz CT molecular complexity index is 68.1. The fourth-order valence-electron chi connectivity index (χ4n) is 1.65. The van der Waals surface area contributed by atoms with E-state index in [1.807, 2.05) is 0 Å². The molecule has 72 valence electrons. The van der Waals surface area contributed by atoms with Crippen LogP contribution >= 0.6 is 0 Å². The molecule has 0 aromatic carbocycles. The Labute approximate surface area is 78.8 Å². The summed E-state index contributed by atoms with van der Waals surface area (Å²) in [7, 11) is 0. The maximum absolute atomic E-state index is 3.93. The van der Waals surface area contributed by atoms with Gasteiger partial charge in [-0.05, 0) is 5.92 Å². The van der Waals surface area contributed by atoms with Crippen LogP contribution in [0.2, 0.25) is 0 Å². The third kappa shape index (κ3) is 6.69. The van der Waals surface area contributed by atoms with E-state index >= 15 is 0 Å². The Hall–Kier alpha value is 0. The van der Waals surface area contributed by atoms with Crippen LogP contribution in [0, 0.1) is 19.8 Å². The standard InChI is InChI=1S/C12H24/c1-4-7-10-12(9-6-3)11-8-5-2/h12H,1,3-11H2,2H3. The third-order valence-electron chi connectivity index (χ3n) is 2.44. The van der Waals surface area contributed by atoms with E-state index in [0.717, 1.165) is 18.8 Å². The van der Waals surface area contributed by atoms with Gasteiger partial charge in [0, 0.05) is 0 Å². The molecule has 0 bridgehead atoms. The summed E-state index contributed by atoms with van der Waals surface area (Å²) < 4.78 is 0. The van der Waals surface area contributed by atoms with Crippen molar-refractivity contribution in [2.24, 2.45) is 5.92 Å². The van der Waals surface area contributed by atoms with Gasteiger partial charge in [-0.25, -0.2) is 0 Å². The monoisotopic (exact) mass is 168 g/mol. The smallest absolute Gasteiger partial charge is 0.0414 e. The lowest BCUT2D eigenvalue weighted by atomic mass is 9.92. The molecular weight excluding hydrogens is 144 g/mol. The molecule has 0 heterocycles. The van der Waals surface area contributed by atoms with Gasteiger partial charge in [-0.15, -0.1) is 0 Å². The zero-order valence-electron chi connectivity index (χ0n) is 8.65. The molecule has 1 unspecified atom stereocenters. The molecule has 2 radical (unpaired) electrons. The average molecular weight is 168 g/mol. The van der Waals surface area contributed by atoms with Crippen molar-refractivity contribution >= 4 is 0 Å². The first-order valence-electron chi connectivity index (χ1n) is 5.43. The van der Waals surface area contributed by atoms with Crippen LogP contribution < -0.4 is 0 Å². The van der Waals surface area contributed by atoms with Crippen molar-refractivity contribution in [1.82, 2.24) is 0 Å². The Balaban J connectivity index is 3.40. The molecule has 1 atom stereocenters. The zero-order valence-corrected chi connectivity index (χ0v) is 8.65. The van der Waals surface area contributed by atoms with Crippen LogP contribution in [0.5, 0.6) is 0 Å². The first kappa shape index (κ1) is 12.0.